The van der Waals surface area contributed by atoms with Crippen LogP contribution >= 0.6 is 0 Å². The van der Waals surface area contributed by atoms with Crippen LogP contribution in [0.5, 0.6) is 0 Å². The van der Waals surface area contributed by atoms with Crippen LogP contribution in [0.3, 0.4) is 0 Å². The predicted octanol–water partition coefficient (Wildman–Crippen LogP) is 4.30. The zero-order valence-corrected chi connectivity index (χ0v) is 18.5. The largest absolute Gasteiger partial charge is 0.336 e. The van der Waals surface area contributed by atoms with Gasteiger partial charge in [0.1, 0.15) is 5.82 Å². The van der Waals surface area contributed by atoms with Gasteiger partial charge < -0.3 is 4.90 Å². The van der Waals surface area contributed by atoms with Crippen LogP contribution in [0.25, 0.3) is 0 Å². The van der Waals surface area contributed by atoms with E-state index in [2.05, 4.69) is 0 Å². The fourth-order valence-electron chi connectivity index (χ4n) is 4.57. The maximum atomic E-state index is 13.2. The molecular weight excluding hydrogens is 415 g/mol. The zero-order chi connectivity index (χ0) is 21.8. The summed E-state index contributed by atoms with van der Waals surface area (Å²) in [4.78, 5) is 15.1. The average molecular weight is 445 g/mol. The summed E-state index contributed by atoms with van der Waals surface area (Å²) < 4.78 is 40.3. The number of sulfonamides is 1. The molecule has 166 valence electrons. The number of piperidine rings is 1. The number of benzene rings is 2. The molecule has 2 heterocycles. The number of carbonyl (C=O) groups excluding carboxylic acids is 1. The highest BCUT2D eigenvalue weighted by atomic mass is 32.2. The van der Waals surface area contributed by atoms with Crippen LogP contribution in [0.4, 0.5) is 4.39 Å². The number of amides is 1. The number of nitrogens with zero attached hydrogens (tertiary/aromatic N) is 2. The van der Waals surface area contributed by atoms with Crippen molar-refractivity contribution in [2.24, 2.45) is 0 Å². The third kappa shape index (κ3) is 4.99. The summed E-state index contributed by atoms with van der Waals surface area (Å²) in [5.41, 5.74) is 1.92. The van der Waals surface area contributed by atoms with Crippen LogP contribution in [-0.4, -0.2) is 43.2 Å². The van der Waals surface area contributed by atoms with E-state index in [0.717, 1.165) is 43.2 Å². The minimum atomic E-state index is -3.43. The minimum absolute atomic E-state index is 0.00478. The molecule has 2 aromatic rings. The lowest BCUT2D eigenvalue weighted by atomic mass is 10.0. The van der Waals surface area contributed by atoms with E-state index in [1.165, 1.54) is 12.1 Å². The monoisotopic (exact) mass is 444 g/mol. The Morgan fingerprint density at radius 2 is 1.58 bits per heavy atom. The van der Waals surface area contributed by atoms with Crippen molar-refractivity contribution in [2.45, 2.75) is 55.9 Å². The van der Waals surface area contributed by atoms with E-state index in [9.17, 15) is 17.6 Å². The van der Waals surface area contributed by atoms with Crippen LogP contribution < -0.4 is 0 Å². The van der Waals surface area contributed by atoms with Crippen molar-refractivity contribution < 1.29 is 17.6 Å². The summed E-state index contributed by atoms with van der Waals surface area (Å²) in [6.07, 6.45) is 5.67. The first-order valence-corrected chi connectivity index (χ1v) is 12.5. The third-order valence-electron chi connectivity index (χ3n) is 6.33. The van der Waals surface area contributed by atoms with Crippen molar-refractivity contribution in [3.05, 3.63) is 65.5 Å². The van der Waals surface area contributed by atoms with Gasteiger partial charge in [0, 0.05) is 26.1 Å². The van der Waals surface area contributed by atoms with Gasteiger partial charge in [-0.1, -0.05) is 30.7 Å². The van der Waals surface area contributed by atoms with Gasteiger partial charge in [0.05, 0.1) is 10.9 Å². The Hall–Kier alpha value is -2.25. The minimum Gasteiger partial charge on any atom is -0.336 e. The number of halogens is 1. The number of rotatable bonds is 6. The van der Waals surface area contributed by atoms with Crippen molar-refractivity contribution in [3.63, 3.8) is 0 Å². The molecule has 5 nitrogen and oxygen atoms in total. The van der Waals surface area contributed by atoms with Gasteiger partial charge in [-0.15, -0.1) is 0 Å². The lowest BCUT2D eigenvalue weighted by Crippen LogP contribution is -2.35. The number of likely N-dealkylation sites (tertiary alicyclic amines) is 1. The van der Waals surface area contributed by atoms with Crippen LogP contribution in [0.1, 0.15) is 55.7 Å². The topological polar surface area (TPSA) is 57.7 Å². The van der Waals surface area contributed by atoms with Crippen molar-refractivity contribution >= 4 is 15.9 Å². The second-order valence-electron chi connectivity index (χ2n) is 8.41. The van der Waals surface area contributed by atoms with E-state index >= 15 is 0 Å². The molecule has 0 N–H and O–H groups in total. The molecule has 0 radical (unpaired) electrons. The molecular formula is C24H29FN2O3S. The molecule has 0 aromatic heterocycles. The molecule has 0 aliphatic carbocycles. The van der Waals surface area contributed by atoms with Gasteiger partial charge in [0.25, 0.3) is 0 Å². The Balaban J connectivity index is 1.36. The van der Waals surface area contributed by atoms with E-state index in [4.69, 9.17) is 0 Å². The molecule has 4 rings (SSSR count). The SMILES string of the molecule is O=C(CCc1ccc(S(=O)(=O)N2CCCCC2)cc1)N1CCC[C@H]1c1ccc(F)cc1. The Labute approximate surface area is 183 Å². The smallest absolute Gasteiger partial charge is 0.243 e. The van der Waals surface area contributed by atoms with E-state index < -0.39 is 10.0 Å². The summed E-state index contributed by atoms with van der Waals surface area (Å²) in [6, 6.07) is 13.3. The van der Waals surface area contributed by atoms with Crippen molar-refractivity contribution in [2.75, 3.05) is 19.6 Å². The van der Waals surface area contributed by atoms with Gasteiger partial charge in [0.15, 0.2) is 0 Å². The van der Waals surface area contributed by atoms with Gasteiger partial charge in [-0.2, -0.15) is 4.31 Å². The number of aryl methyl sites for hydroxylation is 1. The van der Waals surface area contributed by atoms with Crippen LogP contribution in [0.2, 0.25) is 0 Å². The molecule has 1 amide bonds. The molecule has 7 heteroatoms. The molecule has 2 aliphatic heterocycles. The first-order valence-electron chi connectivity index (χ1n) is 11.1. The predicted molar refractivity (Wildman–Crippen MR) is 117 cm³/mol. The fraction of sp³-hybridized carbons (Fsp3) is 0.458. The van der Waals surface area contributed by atoms with Gasteiger partial charge >= 0.3 is 0 Å². The van der Waals surface area contributed by atoms with Gasteiger partial charge in [-0.05, 0) is 67.5 Å². The molecule has 2 aromatic carbocycles. The Morgan fingerprint density at radius 1 is 0.903 bits per heavy atom. The number of hydrogen-bond donors (Lipinski definition) is 0. The molecule has 31 heavy (non-hydrogen) atoms. The molecule has 0 unspecified atom stereocenters. The highest BCUT2D eigenvalue weighted by molar-refractivity contribution is 7.89. The number of hydrogen-bond acceptors (Lipinski definition) is 3. The first kappa shape index (κ1) is 22.0. The van der Waals surface area contributed by atoms with Gasteiger partial charge in [-0.25, -0.2) is 12.8 Å². The second kappa shape index (κ2) is 9.49. The highest BCUT2D eigenvalue weighted by Gasteiger charge is 2.30. The van der Waals surface area contributed by atoms with Gasteiger partial charge in [-0.3, -0.25) is 4.79 Å². The third-order valence-corrected chi connectivity index (χ3v) is 8.24. The molecule has 2 aliphatic rings. The average Bonchev–Trinajstić information content (AvgIpc) is 3.29. The van der Waals surface area contributed by atoms with E-state index in [1.807, 2.05) is 17.0 Å². The van der Waals surface area contributed by atoms with Crippen LogP contribution in [0.15, 0.2) is 53.4 Å². The fourth-order valence-corrected chi connectivity index (χ4v) is 6.09. The summed E-state index contributed by atoms with van der Waals surface area (Å²) in [5, 5.41) is 0. The molecule has 2 fully saturated rings. The molecule has 0 spiro atoms. The number of carbonyl (C=O) groups is 1. The standard InChI is InChI=1S/C24H29FN2O3S/c25-21-11-9-20(10-12-21)23-5-4-18-27(23)24(28)15-8-19-6-13-22(14-7-19)31(29,30)26-16-2-1-3-17-26/h6-7,9-14,23H,1-5,8,15-18H2/t23-/m0/s1. The lowest BCUT2D eigenvalue weighted by Gasteiger charge is -2.26. The Bertz CT molecular complexity index is 1000. The van der Waals surface area contributed by atoms with Crippen molar-refractivity contribution in [3.8, 4) is 0 Å². The molecule has 1 atom stereocenters. The van der Waals surface area contributed by atoms with Crippen molar-refractivity contribution in [1.82, 2.24) is 9.21 Å². The maximum absolute atomic E-state index is 13.2. The summed E-state index contributed by atoms with van der Waals surface area (Å²) in [7, 11) is -3.43. The summed E-state index contributed by atoms with van der Waals surface area (Å²) >= 11 is 0. The Kier molecular flexibility index (Phi) is 6.72. The second-order valence-corrected chi connectivity index (χ2v) is 10.3. The normalized spacial score (nSPS) is 20.2. The first-order chi connectivity index (χ1) is 14.9. The molecule has 2 saturated heterocycles. The Morgan fingerprint density at radius 3 is 2.26 bits per heavy atom. The van der Waals surface area contributed by atoms with Crippen LogP contribution in [0, 0.1) is 5.82 Å². The zero-order valence-electron chi connectivity index (χ0n) is 17.7. The molecule has 0 saturated carbocycles. The van der Waals surface area contributed by atoms with E-state index in [-0.39, 0.29) is 17.8 Å². The summed E-state index contributed by atoms with van der Waals surface area (Å²) in [6.45, 7) is 1.89. The van der Waals surface area contributed by atoms with Gasteiger partial charge in [0.2, 0.25) is 15.9 Å². The summed E-state index contributed by atoms with van der Waals surface area (Å²) in [5.74, 6) is -0.192. The highest BCUT2D eigenvalue weighted by Crippen LogP contribution is 2.32. The molecule has 0 bridgehead atoms. The van der Waals surface area contributed by atoms with E-state index in [0.29, 0.717) is 37.4 Å². The maximum Gasteiger partial charge on any atom is 0.243 e. The lowest BCUT2D eigenvalue weighted by molar-refractivity contribution is -0.132. The quantitative estimate of drug-likeness (QED) is 0.668. The van der Waals surface area contributed by atoms with Crippen LogP contribution in [-0.2, 0) is 21.2 Å². The van der Waals surface area contributed by atoms with E-state index in [1.54, 1.807) is 28.6 Å². The van der Waals surface area contributed by atoms with Crippen molar-refractivity contribution in [1.29, 1.82) is 0 Å².